The molecule has 0 saturated carbocycles. The molecule has 0 aromatic heterocycles. The highest BCUT2D eigenvalue weighted by molar-refractivity contribution is 5.50. The number of hydrogen-bond acceptors (Lipinski definition) is 3. The Labute approximate surface area is 114 Å². The van der Waals surface area contributed by atoms with Crippen molar-refractivity contribution < 1.29 is 9.50 Å². The molecule has 1 unspecified atom stereocenters. The molecule has 1 atom stereocenters. The van der Waals surface area contributed by atoms with Crippen molar-refractivity contribution >= 4 is 5.69 Å². The van der Waals surface area contributed by atoms with Gasteiger partial charge >= 0.3 is 0 Å². The molecule has 19 heavy (non-hydrogen) atoms. The molecule has 106 valence electrons. The maximum atomic E-state index is 14.1. The Morgan fingerprint density at radius 2 is 2.05 bits per heavy atom. The van der Waals surface area contributed by atoms with Gasteiger partial charge in [-0.05, 0) is 39.4 Å². The zero-order valence-corrected chi connectivity index (χ0v) is 11.9. The van der Waals surface area contributed by atoms with E-state index in [4.69, 9.17) is 0 Å². The van der Waals surface area contributed by atoms with Crippen LogP contribution >= 0.6 is 0 Å². The van der Waals surface area contributed by atoms with Gasteiger partial charge in [-0.1, -0.05) is 12.1 Å². The third kappa shape index (κ3) is 2.90. The molecule has 1 aliphatic heterocycles. The molecule has 0 amide bonds. The van der Waals surface area contributed by atoms with Crippen molar-refractivity contribution in [2.24, 2.45) is 0 Å². The Balaban J connectivity index is 2.37. The summed E-state index contributed by atoms with van der Waals surface area (Å²) < 4.78 is 14.1. The molecule has 0 aliphatic carbocycles. The van der Waals surface area contributed by atoms with Crippen LogP contribution in [0.3, 0.4) is 0 Å². The molecular weight excluding hydrogens is 243 g/mol. The number of halogens is 1. The van der Waals surface area contributed by atoms with Crippen molar-refractivity contribution in [1.29, 1.82) is 0 Å². The van der Waals surface area contributed by atoms with Crippen molar-refractivity contribution in [3.8, 4) is 0 Å². The van der Waals surface area contributed by atoms with E-state index in [1.54, 1.807) is 6.07 Å². The molecule has 1 heterocycles. The molecule has 3 nitrogen and oxygen atoms in total. The lowest BCUT2D eigenvalue weighted by atomic mass is 9.97. The van der Waals surface area contributed by atoms with Crippen LogP contribution in [0.15, 0.2) is 24.3 Å². The zero-order chi connectivity index (χ0) is 14.0. The SMILES string of the molecule is CN1CCC(C)(C)N(c2ccccc2F)CC1CO. The predicted octanol–water partition coefficient (Wildman–Crippen LogP) is 2.11. The summed E-state index contributed by atoms with van der Waals surface area (Å²) in [6.45, 7) is 5.90. The Bertz CT molecular complexity index is 436. The third-order valence-corrected chi connectivity index (χ3v) is 4.18. The predicted molar refractivity (Wildman–Crippen MR) is 75.9 cm³/mol. The minimum atomic E-state index is -0.197. The van der Waals surface area contributed by atoms with Crippen molar-refractivity contribution in [3.63, 3.8) is 0 Å². The number of aliphatic hydroxyl groups is 1. The van der Waals surface area contributed by atoms with E-state index in [1.165, 1.54) is 6.07 Å². The fraction of sp³-hybridized carbons (Fsp3) is 0.600. The van der Waals surface area contributed by atoms with Gasteiger partial charge in [0.25, 0.3) is 0 Å². The molecule has 1 N–H and O–H groups in total. The first kappa shape index (κ1) is 14.3. The standard InChI is InChI=1S/C15H23FN2O/c1-15(2)8-9-17(3)12(11-19)10-18(15)14-7-5-4-6-13(14)16/h4-7,12,19H,8-11H2,1-3H3. The second-order valence-electron chi connectivity index (χ2n) is 5.94. The highest BCUT2D eigenvalue weighted by atomic mass is 19.1. The number of hydrogen-bond donors (Lipinski definition) is 1. The lowest BCUT2D eigenvalue weighted by molar-refractivity contribution is 0.158. The summed E-state index contributed by atoms with van der Waals surface area (Å²) in [6, 6.07) is 6.92. The Hall–Kier alpha value is -1.13. The maximum absolute atomic E-state index is 14.1. The van der Waals surface area contributed by atoms with Gasteiger partial charge in [0, 0.05) is 24.7 Å². The topological polar surface area (TPSA) is 26.7 Å². The average Bonchev–Trinajstić information content (AvgIpc) is 2.49. The molecule has 0 spiro atoms. The smallest absolute Gasteiger partial charge is 0.146 e. The third-order valence-electron chi connectivity index (χ3n) is 4.18. The van der Waals surface area contributed by atoms with Crippen LogP contribution in [0.4, 0.5) is 10.1 Å². The minimum Gasteiger partial charge on any atom is -0.395 e. The molecular formula is C15H23FN2O. The summed E-state index contributed by atoms with van der Waals surface area (Å²) in [5.74, 6) is -0.197. The van der Waals surface area contributed by atoms with E-state index in [9.17, 15) is 9.50 Å². The van der Waals surface area contributed by atoms with Crippen LogP contribution in [0.1, 0.15) is 20.3 Å². The van der Waals surface area contributed by atoms with Crippen LogP contribution in [-0.2, 0) is 0 Å². The van der Waals surface area contributed by atoms with E-state index in [0.717, 1.165) is 13.0 Å². The Kier molecular flexibility index (Phi) is 4.11. The number of para-hydroxylation sites is 1. The first-order chi connectivity index (χ1) is 8.95. The lowest BCUT2D eigenvalue weighted by Crippen LogP contribution is -2.48. The molecule has 0 radical (unpaired) electrons. The van der Waals surface area contributed by atoms with Crippen LogP contribution in [0.5, 0.6) is 0 Å². The van der Waals surface area contributed by atoms with Crippen LogP contribution in [0.2, 0.25) is 0 Å². The van der Waals surface area contributed by atoms with Gasteiger partial charge in [-0.25, -0.2) is 4.39 Å². The Morgan fingerprint density at radius 1 is 1.37 bits per heavy atom. The summed E-state index contributed by atoms with van der Waals surface area (Å²) in [5, 5.41) is 9.53. The van der Waals surface area contributed by atoms with Gasteiger partial charge in [-0.15, -0.1) is 0 Å². The van der Waals surface area contributed by atoms with E-state index in [1.807, 2.05) is 19.2 Å². The Morgan fingerprint density at radius 3 is 2.68 bits per heavy atom. The molecule has 0 bridgehead atoms. The lowest BCUT2D eigenvalue weighted by Gasteiger charge is -2.40. The number of anilines is 1. The van der Waals surface area contributed by atoms with E-state index in [2.05, 4.69) is 23.6 Å². The summed E-state index contributed by atoms with van der Waals surface area (Å²) >= 11 is 0. The van der Waals surface area contributed by atoms with Crippen molar-refractivity contribution in [2.75, 3.05) is 31.6 Å². The van der Waals surface area contributed by atoms with E-state index < -0.39 is 0 Å². The van der Waals surface area contributed by atoms with Gasteiger partial charge in [-0.3, -0.25) is 4.90 Å². The van der Waals surface area contributed by atoms with Gasteiger partial charge in [0.2, 0.25) is 0 Å². The highest BCUT2D eigenvalue weighted by Crippen LogP contribution is 2.31. The molecule has 1 aliphatic rings. The van der Waals surface area contributed by atoms with Gasteiger partial charge in [0.1, 0.15) is 5.82 Å². The zero-order valence-electron chi connectivity index (χ0n) is 11.9. The molecule has 2 rings (SSSR count). The van der Waals surface area contributed by atoms with Crippen LogP contribution < -0.4 is 4.90 Å². The quantitative estimate of drug-likeness (QED) is 0.888. The van der Waals surface area contributed by atoms with Crippen molar-refractivity contribution in [3.05, 3.63) is 30.1 Å². The fourth-order valence-corrected chi connectivity index (χ4v) is 2.66. The normalized spacial score (nSPS) is 24.3. The number of aliphatic hydroxyl groups excluding tert-OH is 1. The molecule has 4 heteroatoms. The molecule has 1 aromatic rings. The number of likely N-dealkylation sites (N-methyl/N-ethyl adjacent to an activating group) is 1. The summed E-state index contributed by atoms with van der Waals surface area (Å²) in [5.41, 5.74) is 0.502. The van der Waals surface area contributed by atoms with Crippen molar-refractivity contribution in [2.45, 2.75) is 31.8 Å². The fourth-order valence-electron chi connectivity index (χ4n) is 2.66. The maximum Gasteiger partial charge on any atom is 0.146 e. The van der Waals surface area contributed by atoms with Gasteiger partial charge in [0.05, 0.1) is 12.3 Å². The van der Waals surface area contributed by atoms with Crippen LogP contribution in [-0.4, -0.2) is 48.3 Å². The van der Waals surface area contributed by atoms with E-state index >= 15 is 0 Å². The number of rotatable bonds is 2. The van der Waals surface area contributed by atoms with E-state index in [-0.39, 0.29) is 24.0 Å². The second kappa shape index (κ2) is 5.47. The first-order valence-corrected chi connectivity index (χ1v) is 6.79. The first-order valence-electron chi connectivity index (χ1n) is 6.79. The van der Waals surface area contributed by atoms with Crippen LogP contribution in [0.25, 0.3) is 0 Å². The average molecular weight is 266 g/mol. The molecule has 1 saturated heterocycles. The summed E-state index contributed by atoms with van der Waals surface area (Å²) in [4.78, 5) is 4.25. The van der Waals surface area contributed by atoms with E-state index in [0.29, 0.717) is 12.2 Å². The number of benzene rings is 1. The highest BCUT2D eigenvalue weighted by Gasteiger charge is 2.34. The monoisotopic (exact) mass is 266 g/mol. The molecule has 1 fully saturated rings. The van der Waals surface area contributed by atoms with Gasteiger partial charge < -0.3 is 10.0 Å². The van der Waals surface area contributed by atoms with Crippen molar-refractivity contribution in [1.82, 2.24) is 4.90 Å². The number of nitrogens with zero attached hydrogens (tertiary/aromatic N) is 2. The molecule has 1 aromatic carbocycles. The minimum absolute atomic E-state index is 0.0429. The second-order valence-corrected chi connectivity index (χ2v) is 5.94. The largest absolute Gasteiger partial charge is 0.395 e. The van der Waals surface area contributed by atoms with Crippen LogP contribution in [0, 0.1) is 5.82 Å². The summed E-state index contributed by atoms with van der Waals surface area (Å²) in [6.07, 6.45) is 0.939. The van der Waals surface area contributed by atoms with Gasteiger partial charge in [-0.2, -0.15) is 0 Å². The van der Waals surface area contributed by atoms with Gasteiger partial charge in [0.15, 0.2) is 0 Å². The summed E-state index contributed by atoms with van der Waals surface area (Å²) in [7, 11) is 2.02.